The van der Waals surface area contributed by atoms with Crippen molar-refractivity contribution in [3.8, 4) is 28.3 Å². The van der Waals surface area contributed by atoms with Gasteiger partial charge in [0.25, 0.3) is 0 Å². The van der Waals surface area contributed by atoms with Gasteiger partial charge in [-0.3, -0.25) is 0 Å². The molecule has 4 rings (SSSR count). The van der Waals surface area contributed by atoms with Crippen molar-refractivity contribution in [2.24, 2.45) is 0 Å². The van der Waals surface area contributed by atoms with Gasteiger partial charge in [0, 0.05) is 41.2 Å². The third-order valence-corrected chi connectivity index (χ3v) is 7.44. The van der Waals surface area contributed by atoms with E-state index in [0.29, 0.717) is 18.8 Å². The van der Waals surface area contributed by atoms with Crippen molar-refractivity contribution in [1.29, 1.82) is 0 Å². The van der Waals surface area contributed by atoms with Crippen molar-refractivity contribution in [1.82, 2.24) is 15.6 Å². The predicted octanol–water partition coefficient (Wildman–Crippen LogP) is 5.33. The van der Waals surface area contributed by atoms with Crippen LogP contribution in [0.3, 0.4) is 0 Å². The molecule has 1 aromatic heterocycles. The minimum absolute atomic E-state index is 0.251. The van der Waals surface area contributed by atoms with Crippen LogP contribution in [0.25, 0.3) is 22.4 Å². The van der Waals surface area contributed by atoms with E-state index in [4.69, 9.17) is 9.72 Å². The highest BCUT2D eigenvalue weighted by atomic mass is 79.9. The number of methoxy groups -OCH3 is 1. The van der Waals surface area contributed by atoms with Crippen molar-refractivity contribution in [3.05, 3.63) is 69.7 Å². The first-order valence-electron chi connectivity index (χ1n) is 11.9. The van der Waals surface area contributed by atoms with Gasteiger partial charge in [-0.1, -0.05) is 42.5 Å². The number of carbonyl (C=O) groups is 1. The van der Waals surface area contributed by atoms with Crippen LogP contribution in [0.15, 0.2) is 53.0 Å². The normalized spacial score (nSPS) is 13.5. The average molecular weight is 522 g/mol. The van der Waals surface area contributed by atoms with Gasteiger partial charge in [0.05, 0.1) is 12.8 Å². The molecular weight excluding hydrogens is 490 g/mol. The van der Waals surface area contributed by atoms with Crippen LogP contribution in [0.2, 0.25) is 0 Å². The minimum Gasteiger partial charge on any atom is -0.481 e. The second-order valence-corrected chi connectivity index (χ2v) is 9.48. The Labute approximate surface area is 210 Å². The molecule has 0 radical (unpaired) electrons. The van der Waals surface area contributed by atoms with Gasteiger partial charge in [0.2, 0.25) is 5.88 Å². The number of nitrogens with zero attached hydrogens (tertiary/aromatic N) is 1. The molecule has 0 saturated carbocycles. The number of aldehydes is 1. The number of nitrogens with one attached hydrogen (secondary N) is 2. The van der Waals surface area contributed by atoms with E-state index in [9.17, 15) is 4.79 Å². The van der Waals surface area contributed by atoms with Gasteiger partial charge < -0.3 is 20.2 Å². The maximum Gasteiger partial charge on any atom is 0.218 e. The topological polar surface area (TPSA) is 63.2 Å². The summed E-state index contributed by atoms with van der Waals surface area (Å²) >= 11 is 3.89. The number of aromatic nitrogens is 1. The molecule has 0 spiro atoms. The van der Waals surface area contributed by atoms with Crippen LogP contribution in [0.4, 0.5) is 0 Å². The zero-order valence-corrected chi connectivity index (χ0v) is 21.5. The molecule has 1 aliphatic rings. The quantitative estimate of drug-likeness (QED) is 0.334. The third kappa shape index (κ3) is 5.40. The first-order chi connectivity index (χ1) is 16.7. The number of carbonyl (C=O) groups excluding carboxylic acids is 1. The molecule has 1 aliphatic carbocycles. The number of fused-ring (bicyclic) bond motifs is 1. The fourth-order valence-corrected chi connectivity index (χ4v) is 5.42. The van der Waals surface area contributed by atoms with Crippen molar-refractivity contribution in [2.45, 2.75) is 44.7 Å². The Bertz CT molecular complexity index is 1150. The van der Waals surface area contributed by atoms with Crippen LogP contribution in [0.5, 0.6) is 5.88 Å². The fraction of sp³-hybridized carbons (Fsp3) is 0.357. The fourth-order valence-electron chi connectivity index (χ4n) is 4.74. The molecule has 2 aromatic carbocycles. The first-order valence-corrected chi connectivity index (χ1v) is 12.7. The minimum atomic E-state index is 0.251. The number of ether oxygens (including phenoxy) is 1. The summed E-state index contributed by atoms with van der Waals surface area (Å²) in [6, 6.07) is 17.4. The van der Waals surface area contributed by atoms with Gasteiger partial charge in [-0.15, -0.1) is 0 Å². The van der Waals surface area contributed by atoms with E-state index in [-0.39, 0.29) is 6.04 Å². The van der Waals surface area contributed by atoms with E-state index in [1.54, 1.807) is 7.11 Å². The zero-order chi connectivity index (χ0) is 23.9. The average Bonchev–Trinajstić information content (AvgIpc) is 3.36. The Balaban J connectivity index is 1.56. The predicted molar refractivity (Wildman–Crippen MR) is 141 cm³/mol. The molecule has 0 aliphatic heterocycles. The Morgan fingerprint density at radius 3 is 2.68 bits per heavy atom. The summed E-state index contributed by atoms with van der Waals surface area (Å²) < 4.78 is 6.70. The summed E-state index contributed by atoms with van der Waals surface area (Å²) in [5.74, 6) is 0.622. The standard InChI is InChI=1S/C28H32BrN3O2/c1-30-21(9-6-16-33)18-31-17-20-14-15-26(32-28(20)34-2)25-13-5-12-24(27(25)29)23-11-4-8-19-7-3-10-22(19)23/h4-5,8,11-16,21,30-31H,3,6-7,9-10,17-18H2,1-2H3. The highest BCUT2D eigenvalue weighted by molar-refractivity contribution is 9.10. The first kappa shape index (κ1) is 24.6. The Morgan fingerprint density at radius 2 is 1.88 bits per heavy atom. The van der Waals surface area contributed by atoms with Gasteiger partial charge in [-0.2, -0.15) is 0 Å². The van der Waals surface area contributed by atoms with Crippen LogP contribution >= 0.6 is 15.9 Å². The van der Waals surface area contributed by atoms with Gasteiger partial charge in [0.15, 0.2) is 0 Å². The molecule has 1 atom stereocenters. The van der Waals surface area contributed by atoms with E-state index in [1.807, 2.05) is 7.05 Å². The molecule has 3 aromatic rings. The van der Waals surface area contributed by atoms with Crippen LogP contribution in [0, 0.1) is 0 Å². The van der Waals surface area contributed by atoms with E-state index in [2.05, 4.69) is 75.1 Å². The number of hydrogen-bond donors (Lipinski definition) is 2. The lowest BCUT2D eigenvalue weighted by Gasteiger charge is -2.17. The van der Waals surface area contributed by atoms with Crippen LogP contribution in [0.1, 0.15) is 36.0 Å². The van der Waals surface area contributed by atoms with Crippen molar-refractivity contribution < 1.29 is 9.53 Å². The van der Waals surface area contributed by atoms with Gasteiger partial charge in [-0.05, 0) is 77.0 Å². The van der Waals surface area contributed by atoms with Crippen LogP contribution in [-0.4, -0.2) is 38.0 Å². The summed E-state index contributed by atoms with van der Waals surface area (Å²) in [5.41, 5.74) is 8.39. The van der Waals surface area contributed by atoms with E-state index in [0.717, 1.165) is 47.0 Å². The largest absolute Gasteiger partial charge is 0.481 e. The number of hydrogen-bond acceptors (Lipinski definition) is 5. The summed E-state index contributed by atoms with van der Waals surface area (Å²) in [7, 11) is 3.58. The van der Waals surface area contributed by atoms with Crippen LogP contribution < -0.4 is 15.4 Å². The highest BCUT2D eigenvalue weighted by Crippen LogP contribution is 2.40. The Kier molecular flexibility index (Phi) is 8.48. The second-order valence-electron chi connectivity index (χ2n) is 8.69. The molecule has 0 saturated heterocycles. The summed E-state index contributed by atoms with van der Waals surface area (Å²) in [6.07, 6.45) is 5.88. The lowest BCUT2D eigenvalue weighted by atomic mass is 9.95. The van der Waals surface area contributed by atoms with Gasteiger partial charge in [0.1, 0.15) is 6.29 Å². The molecule has 2 N–H and O–H groups in total. The third-order valence-electron chi connectivity index (χ3n) is 6.59. The molecule has 0 bridgehead atoms. The number of likely N-dealkylation sites (N-methyl/N-ethyl adjacent to an activating group) is 1. The molecule has 0 fully saturated rings. The zero-order valence-electron chi connectivity index (χ0n) is 19.9. The van der Waals surface area contributed by atoms with Gasteiger partial charge >= 0.3 is 0 Å². The smallest absolute Gasteiger partial charge is 0.218 e. The summed E-state index contributed by atoms with van der Waals surface area (Å²) in [4.78, 5) is 15.5. The lowest BCUT2D eigenvalue weighted by Crippen LogP contribution is -2.36. The van der Waals surface area contributed by atoms with Crippen LogP contribution in [-0.2, 0) is 24.2 Å². The summed E-state index contributed by atoms with van der Waals surface area (Å²) in [6.45, 7) is 1.41. The monoisotopic (exact) mass is 521 g/mol. The highest BCUT2D eigenvalue weighted by Gasteiger charge is 2.19. The lowest BCUT2D eigenvalue weighted by molar-refractivity contribution is -0.108. The maximum atomic E-state index is 10.7. The maximum absolute atomic E-state index is 10.7. The van der Waals surface area contributed by atoms with E-state index < -0.39 is 0 Å². The van der Waals surface area contributed by atoms with E-state index >= 15 is 0 Å². The number of pyridine rings is 1. The summed E-state index contributed by atoms with van der Waals surface area (Å²) in [5, 5.41) is 6.70. The van der Waals surface area contributed by atoms with Crippen molar-refractivity contribution in [3.63, 3.8) is 0 Å². The molecule has 1 unspecified atom stereocenters. The molecule has 6 heteroatoms. The number of aryl methyl sites for hydroxylation is 1. The number of rotatable bonds is 11. The molecule has 0 amide bonds. The molecular formula is C28H32BrN3O2. The molecule has 1 heterocycles. The molecule has 178 valence electrons. The Hall–Kier alpha value is -2.54. The SMILES string of the molecule is CNC(CCC=O)CNCc1ccc(-c2cccc(-c3cccc4c3CCC4)c2Br)nc1OC. The number of halogens is 1. The number of benzene rings is 2. The van der Waals surface area contributed by atoms with Crippen molar-refractivity contribution >= 4 is 22.2 Å². The Morgan fingerprint density at radius 1 is 1.09 bits per heavy atom. The van der Waals surface area contributed by atoms with E-state index in [1.165, 1.54) is 35.1 Å². The van der Waals surface area contributed by atoms with Crippen molar-refractivity contribution in [2.75, 3.05) is 20.7 Å². The second kappa shape index (κ2) is 11.7. The molecule has 34 heavy (non-hydrogen) atoms. The van der Waals surface area contributed by atoms with Gasteiger partial charge in [-0.25, -0.2) is 4.98 Å². The molecule has 5 nitrogen and oxygen atoms in total.